The van der Waals surface area contributed by atoms with Gasteiger partial charge in [-0.15, -0.1) is 0 Å². The lowest BCUT2D eigenvalue weighted by Gasteiger charge is -2.23. The zero-order valence-corrected chi connectivity index (χ0v) is 18.9. The first-order valence-corrected chi connectivity index (χ1v) is 11.0. The molecule has 0 aliphatic heterocycles. The van der Waals surface area contributed by atoms with Gasteiger partial charge in [-0.05, 0) is 55.7 Å². The van der Waals surface area contributed by atoms with Crippen LogP contribution in [-0.2, 0) is 10.5 Å². The van der Waals surface area contributed by atoms with Crippen LogP contribution >= 0.6 is 11.8 Å². The first-order valence-electron chi connectivity index (χ1n) is 10.0. The van der Waals surface area contributed by atoms with Crippen molar-refractivity contribution in [1.82, 2.24) is 5.43 Å². The number of benzene rings is 2. The maximum atomic E-state index is 12.4. The largest absolute Gasteiger partial charge is 0.494 e. The summed E-state index contributed by atoms with van der Waals surface area (Å²) in [6.07, 6.45) is 1.39. The van der Waals surface area contributed by atoms with E-state index in [0.717, 1.165) is 29.2 Å². The third kappa shape index (κ3) is 8.32. The van der Waals surface area contributed by atoms with Crippen LogP contribution < -0.4 is 10.2 Å². The Bertz CT molecular complexity index is 812. The van der Waals surface area contributed by atoms with Crippen molar-refractivity contribution in [3.05, 3.63) is 65.2 Å². The van der Waals surface area contributed by atoms with Gasteiger partial charge in [0.05, 0.1) is 12.3 Å². The maximum Gasteiger partial charge on any atom is 0.241 e. The fraction of sp³-hybridized carbons (Fsp3) is 0.417. The molecule has 156 valence electrons. The molecule has 2 aromatic rings. The Balaban J connectivity index is 1.84. The van der Waals surface area contributed by atoms with Crippen LogP contribution in [0.3, 0.4) is 0 Å². The third-order valence-corrected chi connectivity index (χ3v) is 5.83. The molecule has 0 radical (unpaired) electrons. The lowest BCUT2D eigenvalue weighted by molar-refractivity contribution is -0.121. The van der Waals surface area contributed by atoms with E-state index in [1.807, 2.05) is 31.2 Å². The molecular weight excluding hydrogens is 380 g/mol. The standard InChI is InChI=1S/C24H32N2O2S/c1-6-15-28-22-13-11-21(12-14-22)19(3)25-26-23(27)16-24(4,5)29-17-20-9-7-18(2)8-10-20/h7-14H,6,15-17H2,1-5H3,(H,26,27)/b25-19+. The Hall–Kier alpha value is -2.27. The number of nitrogens with zero attached hydrogens (tertiary/aromatic N) is 1. The first kappa shape index (κ1) is 23.0. The second kappa shape index (κ2) is 11.1. The van der Waals surface area contributed by atoms with Crippen LogP contribution in [0, 0.1) is 6.92 Å². The van der Waals surface area contributed by atoms with E-state index in [1.54, 1.807) is 11.8 Å². The van der Waals surface area contributed by atoms with Gasteiger partial charge < -0.3 is 4.74 Å². The molecule has 0 saturated carbocycles. The summed E-state index contributed by atoms with van der Waals surface area (Å²) in [5.41, 5.74) is 6.96. The number of rotatable bonds is 10. The van der Waals surface area contributed by atoms with Gasteiger partial charge >= 0.3 is 0 Å². The molecular formula is C24H32N2O2S. The molecule has 0 heterocycles. The van der Waals surface area contributed by atoms with Crippen LogP contribution in [0.1, 0.15) is 57.2 Å². The van der Waals surface area contributed by atoms with Crippen molar-refractivity contribution in [1.29, 1.82) is 0 Å². The fourth-order valence-corrected chi connectivity index (χ4v) is 3.65. The zero-order valence-electron chi connectivity index (χ0n) is 18.1. The van der Waals surface area contributed by atoms with E-state index < -0.39 is 0 Å². The molecule has 2 rings (SSSR count). The van der Waals surface area contributed by atoms with Gasteiger partial charge in [-0.3, -0.25) is 4.79 Å². The smallest absolute Gasteiger partial charge is 0.241 e. The number of thioether (sulfide) groups is 1. The number of hydrogen-bond acceptors (Lipinski definition) is 4. The van der Waals surface area contributed by atoms with Crippen LogP contribution in [0.25, 0.3) is 0 Å². The van der Waals surface area contributed by atoms with Crippen molar-refractivity contribution in [2.45, 2.75) is 58.0 Å². The van der Waals surface area contributed by atoms with E-state index in [-0.39, 0.29) is 10.7 Å². The van der Waals surface area contributed by atoms with Gasteiger partial charge in [-0.2, -0.15) is 16.9 Å². The Morgan fingerprint density at radius 2 is 1.76 bits per heavy atom. The van der Waals surface area contributed by atoms with Crippen LogP contribution in [-0.4, -0.2) is 23.0 Å². The highest BCUT2D eigenvalue weighted by molar-refractivity contribution is 7.99. The molecule has 2 aromatic carbocycles. The summed E-state index contributed by atoms with van der Waals surface area (Å²) in [6.45, 7) is 11.0. The molecule has 0 aliphatic rings. The Labute approximate surface area is 179 Å². The summed E-state index contributed by atoms with van der Waals surface area (Å²) < 4.78 is 5.42. The molecule has 0 unspecified atom stereocenters. The predicted molar refractivity (Wildman–Crippen MR) is 124 cm³/mol. The average molecular weight is 413 g/mol. The molecule has 0 bridgehead atoms. The summed E-state index contributed by atoms with van der Waals surface area (Å²) in [5.74, 6) is 1.66. The minimum atomic E-state index is -0.170. The molecule has 0 saturated heterocycles. The summed E-state index contributed by atoms with van der Waals surface area (Å²) in [6, 6.07) is 16.3. The third-order valence-electron chi connectivity index (χ3n) is 4.43. The van der Waals surface area contributed by atoms with E-state index in [1.165, 1.54) is 11.1 Å². The number of carbonyl (C=O) groups excluding carboxylic acids is 1. The molecule has 0 spiro atoms. The van der Waals surface area contributed by atoms with Gasteiger partial charge in [0, 0.05) is 16.9 Å². The zero-order chi connectivity index (χ0) is 21.3. The Kier molecular flexibility index (Phi) is 8.77. The van der Waals surface area contributed by atoms with Crippen LogP contribution in [0.15, 0.2) is 53.6 Å². The normalized spacial score (nSPS) is 12.0. The van der Waals surface area contributed by atoms with Gasteiger partial charge in [-0.1, -0.05) is 50.6 Å². The number of nitrogens with one attached hydrogen (secondary N) is 1. The van der Waals surface area contributed by atoms with E-state index in [9.17, 15) is 4.79 Å². The predicted octanol–water partition coefficient (Wildman–Crippen LogP) is 5.73. The van der Waals surface area contributed by atoms with Crippen LogP contribution in [0.4, 0.5) is 0 Å². The van der Waals surface area contributed by atoms with Gasteiger partial charge in [0.1, 0.15) is 5.75 Å². The van der Waals surface area contributed by atoms with Gasteiger partial charge in [-0.25, -0.2) is 5.43 Å². The number of amides is 1. The summed E-state index contributed by atoms with van der Waals surface area (Å²) in [5, 5.41) is 4.27. The molecule has 29 heavy (non-hydrogen) atoms. The Morgan fingerprint density at radius 3 is 2.38 bits per heavy atom. The van der Waals surface area contributed by atoms with Crippen LogP contribution in [0.5, 0.6) is 5.75 Å². The van der Waals surface area contributed by atoms with Crippen molar-refractivity contribution in [3.63, 3.8) is 0 Å². The molecule has 0 atom stereocenters. The average Bonchev–Trinajstić information content (AvgIpc) is 2.70. The number of carbonyl (C=O) groups is 1. The number of ether oxygens (including phenoxy) is 1. The quantitative estimate of drug-likeness (QED) is 0.401. The highest BCUT2D eigenvalue weighted by Gasteiger charge is 2.22. The molecule has 1 amide bonds. The lowest BCUT2D eigenvalue weighted by Crippen LogP contribution is -2.28. The summed E-state index contributed by atoms with van der Waals surface area (Å²) in [4.78, 5) is 12.4. The Morgan fingerprint density at radius 1 is 1.10 bits per heavy atom. The molecule has 4 nitrogen and oxygen atoms in total. The monoisotopic (exact) mass is 412 g/mol. The van der Waals surface area contributed by atoms with E-state index in [2.05, 4.69) is 62.5 Å². The van der Waals surface area contributed by atoms with Gasteiger partial charge in [0.2, 0.25) is 5.91 Å². The molecule has 0 aromatic heterocycles. The summed E-state index contributed by atoms with van der Waals surface area (Å²) in [7, 11) is 0. The first-order chi connectivity index (χ1) is 13.8. The van der Waals surface area contributed by atoms with Crippen molar-refractivity contribution in [2.75, 3.05) is 6.61 Å². The molecule has 1 N–H and O–H groups in total. The van der Waals surface area contributed by atoms with E-state index in [4.69, 9.17) is 4.74 Å². The number of hydrazone groups is 1. The minimum Gasteiger partial charge on any atom is -0.494 e. The van der Waals surface area contributed by atoms with Crippen LogP contribution in [0.2, 0.25) is 0 Å². The molecule has 5 heteroatoms. The van der Waals surface area contributed by atoms with E-state index in [0.29, 0.717) is 13.0 Å². The minimum absolute atomic E-state index is 0.0753. The van der Waals surface area contributed by atoms with Crippen molar-refractivity contribution in [2.24, 2.45) is 5.10 Å². The highest BCUT2D eigenvalue weighted by Crippen LogP contribution is 2.31. The lowest BCUT2D eigenvalue weighted by atomic mass is 10.1. The second-order valence-corrected chi connectivity index (χ2v) is 9.50. The second-order valence-electron chi connectivity index (χ2n) is 7.82. The topological polar surface area (TPSA) is 50.7 Å². The van der Waals surface area contributed by atoms with Gasteiger partial charge in [0.15, 0.2) is 0 Å². The highest BCUT2D eigenvalue weighted by atomic mass is 32.2. The SMILES string of the molecule is CCCOc1ccc(/C(C)=N/NC(=O)CC(C)(C)SCc2ccc(C)cc2)cc1. The molecule has 0 aliphatic carbocycles. The fourth-order valence-electron chi connectivity index (χ4n) is 2.66. The number of aryl methyl sites for hydroxylation is 1. The number of hydrogen-bond donors (Lipinski definition) is 1. The maximum absolute atomic E-state index is 12.4. The van der Waals surface area contributed by atoms with E-state index >= 15 is 0 Å². The summed E-state index contributed by atoms with van der Waals surface area (Å²) >= 11 is 1.78. The van der Waals surface area contributed by atoms with Crippen molar-refractivity contribution in [3.8, 4) is 5.75 Å². The molecule has 0 fully saturated rings. The van der Waals surface area contributed by atoms with Crippen molar-refractivity contribution < 1.29 is 9.53 Å². The van der Waals surface area contributed by atoms with Crippen molar-refractivity contribution >= 4 is 23.4 Å². The van der Waals surface area contributed by atoms with Gasteiger partial charge in [0.25, 0.3) is 0 Å².